The number of hydrogen-bond acceptors (Lipinski definition) is 8. The summed E-state index contributed by atoms with van der Waals surface area (Å²) in [6.45, 7) is 13.7. The SMILES string of the molecule is CC(C)(C)OC(=O)N1CCCC(NC(=O)[C@@H]2CCCN2c2nc(Nc3cc(C(C)(C)C)[nH]n3)n3cccc3n2)C1. The lowest BCUT2D eigenvalue weighted by atomic mass is 9.92. The number of hydrogen-bond donors (Lipinski definition) is 3. The topological polar surface area (TPSA) is 133 Å². The molecule has 2 saturated heterocycles. The maximum atomic E-state index is 13.5. The van der Waals surface area contributed by atoms with E-state index in [0.29, 0.717) is 43.8 Å². The first kappa shape index (κ1) is 27.7. The number of carbonyl (C=O) groups is 2. The number of H-pyrrole nitrogens is 1. The summed E-state index contributed by atoms with van der Waals surface area (Å²) in [5.41, 5.74) is 1.12. The van der Waals surface area contributed by atoms with Crippen LogP contribution in [0.1, 0.15) is 72.9 Å². The van der Waals surface area contributed by atoms with E-state index in [1.807, 2.05) is 54.5 Å². The van der Waals surface area contributed by atoms with Gasteiger partial charge in [0.05, 0.1) is 0 Å². The molecule has 2 atom stereocenters. The van der Waals surface area contributed by atoms with Crippen LogP contribution in [0, 0.1) is 0 Å². The highest BCUT2D eigenvalue weighted by atomic mass is 16.6. The lowest BCUT2D eigenvalue weighted by molar-refractivity contribution is -0.123. The summed E-state index contributed by atoms with van der Waals surface area (Å²) in [5.74, 6) is 1.66. The molecule has 40 heavy (non-hydrogen) atoms. The zero-order chi connectivity index (χ0) is 28.7. The number of aromatic nitrogens is 5. The molecule has 5 heterocycles. The van der Waals surface area contributed by atoms with Gasteiger partial charge in [-0.05, 0) is 58.6 Å². The highest BCUT2D eigenvalue weighted by Gasteiger charge is 2.36. The molecule has 0 spiro atoms. The average molecular weight is 552 g/mol. The van der Waals surface area contributed by atoms with E-state index in [1.54, 1.807) is 4.90 Å². The molecule has 3 aromatic rings. The van der Waals surface area contributed by atoms with Crippen molar-refractivity contribution < 1.29 is 14.3 Å². The number of rotatable bonds is 5. The van der Waals surface area contributed by atoms with Crippen molar-refractivity contribution in [3.8, 4) is 0 Å². The minimum absolute atomic E-state index is 0.0645. The van der Waals surface area contributed by atoms with Gasteiger partial charge in [-0.3, -0.25) is 14.3 Å². The van der Waals surface area contributed by atoms with Crippen LogP contribution in [0.4, 0.5) is 22.5 Å². The van der Waals surface area contributed by atoms with Gasteiger partial charge in [0.2, 0.25) is 17.8 Å². The molecular weight excluding hydrogens is 510 g/mol. The maximum absolute atomic E-state index is 13.5. The lowest BCUT2D eigenvalue weighted by Gasteiger charge is -2.35. The molecule has 12 nitrogen and oxygen atoms in total. The van der Waals surface area contributed by atoms with Gasteiger partial charge in [-0.1, -0.05) is 20.8 Å². The number of aromatic amines is 1. The summed E-state index contributed by atoms with van der Waals surface area (Å²) in [7, 11) is 0. The first-order valence-electron chi connectivity index (χ1n) is 14.1. The van der Waals surface area contributed by atoms with E-state index in [4.69, 9.17) is 14.7 Å². The van der Waals surface area contributed by atoms with E-state index in [2.05, 4.69) is 41.6 Å². The number of ether oxygens (including phenoxy) is 1. The van der Waals surface area contributed by atoms with Crippen LogP contribution < -0.4 is 15.5 Å². The van der Waals surface area contributed by atoms with Crippen LogP contribution in [0.25, 0.3) is 5.65 Å². The van der Waals surface area contributed by atoms with Crippen LogP contribution in [-0.2, 0) is 14.9 Å². The quantitative estimate of drug-likeness (QED) is 0.434. The Hall–Kier alpha value is -3.83. The predicted octanol–water partition coefficient (Wildman–Crippen LogP) is 3.98. The highest BCUT2D eigenvalue weighted by Crippen LogP contribution is 2.28. The Labute approximate surface area is 234 Å². The molecule has 3 aromatic heterocycles. The Kier molecular flexibility index (Phi) is 7.36. The smallest absolute Gasteiger partial charge is 0.410 e. The standard InChI is InChI=1S/C28H41N9O3/c1-27(2,3)20-16-21(34-33-20)30-24-32-25(31-22-12-9-15-37(22)24)36-14-8-11-19(36)23(38)29-18-10-7-13-35(17-18)26(39)40-28(4,5)6/h9,12,15-16,18-19H,7-8,10-11,13-14,17H2,1-6H3,(H,29,38)(H2,30,31,32,33,34)/t18?,19-/m0/s1. The van der Waals surface area contributed by atoms with Gasteiger partial charge in [0.25, 0.3) is 0 Å². The lowest BCUT2D eigenvalue weighted by Crippen LogP contribution is -2.54. The summed E-state index contributed by atoms with van der Waals surface area (Å²) in [4.78, 5) is 39.4. The van der Waals surface area contributed by atoms with Crippen molar-refractivity contribution in [1.82, 2.24) is 34.8 Å². The number of piperidine rings is 1. The Morgan fingerprint density at radius 2 is 1.85 bits per heavy atom. The third kappa shape index (κ3) is 6.15. The predicted molar refractivity (Wildman–Crippen MR) is 153 cm³/mol. The second-order valence-electron chi connectivity index (χ2n) is 12.8. The fourth-order valence-corrected chi connectivity index (χ4v) is 5.18. The Balaban J connectivity index is 1.31. The molecule has 0 aromatic carbocycles. The van der Waals surface area contributed by atoms with Gasteiger partial charge in [0, 0.05) is 49.0 Å². The van der Waals surface area contributed by atoms with Gasteiger partial charge in [0.15, 0.2) is 5.82 Å². The van der Waals surface area contributed by atoms with Gasteiger partial charge in [0.1, 0.15) is 17.3 Å². The van der Waals surface area contributed by atoms with Crippen LogP contribution >= 0.6 is 0 Å². The zero-order valence-corrected chi connectivity index (χ0v) is 24.3. The van der Waals surface area contributed by atoms with Crippen LogP contribution in [-0.4, -0.2) is 78.8 Å². The van der Waals surface area contributed by atoms with E-state index < -0.39 is 5.60 Å². The molecular formula is C28H41N9O3. The number of amides is 2. The van der Waals surface area contributed by atoms with Crippen LogP contribution in [0.5, 0.6) is 0 Å². The van der Waals surface area contributed by atoms with Gasteiger partial charge >= 0.3 is 6.09 Å². The summed E-state index contributed by atoms with van der Waals surface area (Å²) < 4.78 is 7.41. The van der Waals surface area contributed by atoms with E-state index >= 15 is 0 Å². The minimum atomic E-state index is -0.557. The summed E-state index contributed by atoms with van der Waals surface area (Å²) in [5, 5.41) is 14.0. The Morgan fingerprint density at radius 3 is 2.58 bits per heavy atom. The molecule has 2 aliphatic rings. The van der Waals surface area contributed by atoms with E-state index in [0.717, 1.165) is 30.6 Å². The molecule has 1 unspecified atom stereocenters. The number of likely N-dealkylation sites (tertiary alicyclic amines) is 1. The fraction of sp³-hybridized carbons (Fsp3) is 0.607. The summed E-state index contributed by atoms with van der Waals surface area (Å²) >= 11 is 0. The third-order valence-electron chi connectivity index (χ3n) is 7.23. The van der Waals surface area contributed by atoms with Crippen molar-refractivity contribution in [2.45, 2.75) is 90.3 Å². The second-order valence-corrected chi connectivity index (χ2v) is 12.8. The van der Waals surface area contributed by atoms with Crippen molar-refractivity contribution in [2.75, 3.05) is 29.9 Å². The molecule has 12 heteroatoms. The van der Waals surface area contributed by atoms with E-state index in [-0.39, 0.29) is 29.5 Å². The molecule has 2 amide bonds. The minimum Gasteiger partial charge on any atom is -0.444 e. The van der Waals surface area contributed by atoms with Crippen molar-refractivity contribution in [1.29, 1.82) is 0 Å². The van der Waals surface area contributed by atoms with Gasteiger partial charge in [-0.2, -0.15) is 15.1 Å². The number of nitrogens with one attached hydrogen (secondary N) is 3. The van der Waals surface area contributed by atoms with Gasteiger partial charge < -0.3 is 25.2 Å². The Bertz CT molecular complexity index is 1370. The molecule has 3 N–H and O–H groups in total. The summed E-state index contributed by atoms with van der Waals surface area (Å²) in [6.07, 6.45) is 4.76. The van der Waals surface area contributed by atoms with Crippen LogP contribution in [0.3, 0.4) is 0 Å². The number of carbonyl (C=O) groups excluding carboxylic acids is 2. The van der Waals surface area contributed by atoms with Crippen molar-refractivity contribution in [3.63, 3.8) is 0 Å². The maximum Gasteiger partial charge on any atom is 0.410 e. The van der Waals surface area contributed by atoms with Crippen molar-refractivity contribution >= 4 is 35.4 Å². The molecule has 0 aliphatic carbocycles. The van der Waals surface area contributed by atoms with Crippen molar-refractivity contribution in [3.05, 3.63) is 30.1 Å². The molecule has 0 radical (unpaired) electrons. The first-order chi connectivity index (χ1) is 18.9. The van der Waals surface area contributed by atoms with Gasteiger partial charge in [-0.25, -0.2) is 4.79 Å². The summed E-state index contributed by atoms with van der Waals surface area (Å²) in [6, 6.07) is 5.30. The normalized spacial score (nSPS) is 20.1. The number of nitrogens with zero attached hydrogens (tertiary/aromatic N) is 6. The molecule has 0 bridgehead atoms. The van der Waals surface area contributed by atoms with Crippen LogP contribution in [0.2, 0.25) is 0 Å². The fourth-order valence-electron chi connectivity index (χ4n) is 5.18. The molecule has 2 aliphatic heterocycles. The molecule has 5 rings (SSSR count). The third-order valence-corrected chi connectivity index (χ3v) is 7.23. The molecule has 216 valence electrons. The number of fused-ring (bicyclic) bond motifs is 1. The largest absolute Gasteiger partial charge is 0.444 e. The van der Waals surface area contributed by atoms with Crippen LogP contribution in [0.15, 0.2) is 24.4 Å². The number of anilines is 3. The van der Waals surface area contributed by atoms with Gasteiger partial charge in [-0.15, -0.1) is 0 Å². The first-order valence-corrected chi connectivity index (χ1v) is 14.1. The van der Waals surface area contributed by atoms with E-state index in [1.165, 1.54) is 0 Å². The monoisotopic (exact) mass is 551 g/mol. The highest BCUT2D eigenvalue weighted by molar-refractivity contribution is 5.85. The Morgan fingerprint density at radius 1 is 1.07 bits per heavy atom. The average Bonchev–Trinajstić information content (AvgIpc) is 3.63. The zero-order valence-electron chi connectivity index (χ0n) is 24.3. The van der Waals surface area contributed by atoms with E-state index in [9.17, 15) is 9.59 Å². The molecule has 0 saturated carbocycles. The second kappa shape index (κ2) is 10.6. The molecule has 2 fully saturated rings. The van der Waals surface area contributed by atoms with Crippen molar-refractivity contribution in [2.24, 2.45) is 0 Å².